The Morgan fingerprint density at radius 1 is 1.07 bits per heavy atom. The highest BCUT2D eigenvalue weighted by Crippen LogP contribution is 2.44. The van der Waals surface area contributed by atoms with E-state index in [1.165, 1.54) is 34.4 Å². The number of alkyl carbamates (subject to hydrolysis) is 1. The molecule has 1 aliphatic carbocycles. The molecule has 144 valence electrons. The van der Waals surface area contributed by atoms with Gasteiger partial charge in [0.25, 0.3) is 0 Å². The Kier molecular flexibility index (Phi) is 5.26. The van der Waals surface area contributed by atoms with Crippen molar-refractivity contribution in [2.24, 2.45) is 0 Å². The number of hydrogen-bond donors (Lipinski definition) is 1. The maximum atomic E-state index is 13.2. The molecule has 0 saturated heterocycles. The molecule has 1 amide bonds. The van der Waals surface area contributed by atoms with Gasteiger partial charge < -0.3 is 10.1 Å². The summed E-state index contributed by atoms with van der Waals surface area (Å²) in [7, 11) is 0. The molecule has 1 N–H and O–H groups in total. The summed E-state index contributed by atoms with van der Waals surface area (Å²) >= 11 is 0. The molecule has 4 nitrogen and oxygen atoms in total. The lowest BCUT2D eigenvalue weighted by molar-refractivity contribution is 0.144. The molecule has 1 heterocycles. The molecule has 0 unspecified atom stereocenters. The van der Waals surface area contributed by atoms with E-state index in [0.29, 0.717) is 11.4 Å². The largest absolute Gasteiger partial charge is 0.449 e. The summed E-state index contributed by atoms with van der Waals surface area (Å²) in [5, 5.41) is 2.61. The van der Waals surface area contributed by atoms with E-state index in [-0.39, 0.29) is 24.9 Å². The first-order chi connectivity index (χ1) is 14.1. The number of fused-ring (bicyclic) bond motifs is 3. The molecule has 0 saturated carbocycles. The molecule has 1 aliphatic rings. The number of halogens is 1. The highest BCUT2D eigenvalue weighted by Gasteiger charge is 2.28. The molecule has 3 aromatic rings. The lowest BCUT2D eigenvalue weighted by Gasteiger charge is -2.14. The van der Waals surface area contributed by atoms with Crippen LogP contribution in [0.15, 0.2) is 60.7 Å². The number of benzene rings is 2. The van der Waals surface area contributed by atoms with Crippen LogP contribution in [-0.2, 0) is 4.74 Å². The second kappa shape index (κ2) is 8.15. The Labute approximate surface area is 168 Å². The van der Waals surface area contributed by atoms with Gasteiger partial charge >= 0.3 is 6.09 Å². The number of carbonyl (C=O) groups excluding carboxylic acids is 1. The van der Waals surface area contributed by atoms with Crippen molar-refractivity contribution < 1.29 is 13.9 Å². The number of ether oxygens (including phenoxy) is 1. The van der Waals surface area contributed by atoms with Crippen molar-refractivity contribution in [1.82, 2.24) is 10.3 Å². The first-order valence-corrected chi connectivity index (χ1v) is 9.34. The van der Waals surface area contributed by atoms with Crippen LogP contribution in [0.5, 0.6) is 0 Å². The van der Waals surface area contributed by atoms with E-state index in [1.807, 2.05) is 24.3 Å². The first kappa shape index (κ1) is 18.7. The van der Waals surface area contributed by atoms with E-state index in [1.54, 1.807) is 6.92 Å². The van der Waals surface area contributed by atoms with Crippen molar-refractivity contribution >= 4 is 6.09 Å². The van der Waals surface area contributed by atoms with Crippen molar-refractivity contribution in [3.63, 3.8) is 0 Å². The summed E-state index contributed by atoms with van der Waals surface area (Å²) in [4.78, 5) is 16.1. The zero-order valence-corrected chi connectivity index (χ0v) is 15.9. The lowest BCUT2D eigenvalue weighted by Crippen LogP contribution is -2.26. The van der Waals surface area contributed by atoms with Gasteiger partial charge in [-0.05, 0) is 47.2 Å². The number of carbonyl (C=O) groups is 1. The zero-order valence-electron chi connectivity index (χ0n) is 15.9. The second-order valence-electron chi connectivity index (χ2n) is 6.74. The fourth-order valence-electron chi connectivity index (χ4n) is 3.51. The van der Waals surface area contributed by atoms with Gasteiger partial charge in [-0.2, -0.15) is 0 Å². The molecule has 0 spiro atoms. The minimum absolute atomic E-state index is 0.0191. The SMILES string of the molecule is Cc1nc(C#CCNC(=O)OCC2c3ccccc3-c3ccccc32)ccc1F. The van der Waals surface area contributed by atoms with Crippen molar-refractivity contribution in [3.05, 3.63) is 89.0 Å². The number of pyridine rings is 1. The summed E-state index contributed by atoms with van der Waals surface area (Å²) in [6.07, 6.45) is -0.524. The van der Waals surface area contributed by atoms with E-state index in [0.717, 1.165) is 0 Å². The van der Waals surface area contributed by atoms with Gasteiger partial charge in [0.1, 0.15) is 18.1 Å². The number of aryl methyl sites for hydroxylation is 1. The molecule has 2 aromatic carbocycles. The number of amides is 1. The Balaban J connectivity index is 1.35. The third-order valence-electron chi connectivity index (χ3n) is 4.90. The average molecular weight is 386 g/mol. The lowest BCUT2D eigenvalue weighted by atomic mass is 9.98. The molecule has 0 fully saturated rings. The maximum absolute atomic E-state index is 13.2. The summed E-state index contributed by atoms with van der Waals surface area (Å²) in [6, 6.07) is 19.2. The quantitative estimate of drug-likeness (QED) is 0.678. The van der Waals surface area contributed by atoms with Crippen LogP contribution >= 0.6 is 0 Å². The summed E-state index contributed by atoms with van der Waals surface area (Å²) in [5.74, 6) is 5.24. The molecule has 29 heavy (non-hydrogen) atoms. The minimum Gasteiger partial charge on any atom is -0.449 e. The van der Waals surface area contributed by atoms with Crippen LogP contribution in [0.2, 0.25) is 0 Å². The minimum atomic E-state index is -0.524. The molecule has 0 bridgehead atoms. The first-order valence-electron chi connectivity index (χ1n) is 9.34. The monoisotopic (exact) mass is 386 g/mol. The van der Waals surface area contributed by atoms with Crippen molar-refractivity contribution in [1.29, 1.82) is 0 Å². The van der Waals surface area contributed by atoms with E-state index >= 15 is 0 Å². The summed E-state index contributed by atoms with van der Waals surface area (Å²) in [6.45, 7) is 1.95. The van der Waals surface area contributed by atoms with Gasteiger partial charge in [-0.1, -0.05) is 54.5 Å². The van der Waals surface area contributed by atoms with Gasteiger partial charge in [0.2, 0.25) is 0 Å². The van der Waals surface area contributed by atoms with Gasteiger partial charge in [0.15, 0.2) is 0 Å². The van der Waals surface area contributed by atoms with Crippen LogP contribution in [0.4, 0.5) is 9.18 Å². The predicted octanol–water partition coefficient (Wildman–Crippen LogP) is 4.42. The Morgan fingerprint density at radius 2 is 1.72 bits per heavy atom. The molecular weight excluding hydrogens is 367 g/mol. The third kappa shape index (κ3) is 3.97. The Morgan fingerprint density at radius 3 is 2.38 bits per heavy atom. The number of nitrogens with zero attached hydrogens (tertiary/aromatic N) is 1. The van der Waals surface area contributed by atoms with Crippen molar-refractivity contribution in [3.8, 4) is 23.0 Å². The predicted molar refractivity (Wildman–Crippen MR) is 109 cm³/mol. The topological polar surface area (TPSA) is 51.2 Å². The molecule has 5 heteroatoms. The summed E-state index contributed by atoms with van der Waals surface area (Å²) < 4.78 is 18.7. The van der Waals surface area contributed by atoms with E-state index in [9.17, 15) is 9.18 Å². The standard InChI is InChI=1S/C24H19FN2O2/c1-16-23(25)13-12-17(27-16)7-6-14-26-24(28)29-15-22-20-10-4-2-8-18(20)19-9-3-5-11-21(19)22/h2-5,8-13,22H,14-15H2,1H3,(H,26,28). The number of hydrogen-bond acceptors (Lipinski definition) is 3. The van der Waals surface area contributed by atoms with E-state index < -0.39 is 6.09 Å². The molecule has 0 atom stereocenters. The van der Waals surface area contributed by atoms with Crippen LogP contribution in [0, 0.1) is 24.6 Å². The molecule has 0 radical (unpaired) electrons. The van der Waals surface area contributed by atoms with Crippen LogP contribution in [-0.4, -0.2) is 24.2 Å². The highest BCUT2D eigenvalue weighted by molar-refractivity contribution is 5.79. The van der Waals surface area contributed by atoms with Gasteiger partial charge in [-0.25, -0.2) is 14.2 Å². The maximum Gasteiger partial charge on any atom is 0.407 e. The molecular formula is C24H19FN2O2. The zero-order chi connectivity index (χ0) is 20.2. The van der Waals surface area contributed by atoms with Gasteiger partial charge in [0.05, 0.1) is 12.2 Å². The average Bonchev–Trinajstić information content (AvgIpc) is 3.06. The number of rotatable bonds is 3. The smallest absolute Gasteiger partial charge is 0.407 e. The highest BCUT2D eigenvalue weighted by atomic mass is 19.1. The number of aromatic nitrogens is 1. The number of nitrogens with one attached hydrogen (secondary N) is 1. The van der Waals surface area contributed by atoms with Crippen LogP contribution in [0.1, 0.15) is 28.4 Å². The molecule has 4 rings (SSSR count). The van der Waals surface area contributed by atoms with Crippen molar-refractivity contribution in [2.75, 3.05) is 13.2 Å². The normalized spacial score (nSPS) is 11.8. The van der Waals surface area contributed by atoms with Gasteiger partial charge in [-0.3, -0.25) is 0 Å². The summed E-state index contributed by atoms with van der Waals surface area (Å²) in [5.41, 5.74) is 5.45. The van der Waals surface area contributed by atoms with Gasteiger partial charge in [-0.15, -0.1) is 0 Å². The third-order valence-corrected chi connectivity index (χ3v) is 4.90. The molecule has 1 aromatic heterocycles. The Hall–Kier alpha value is -3.65. The van der Waals surface area contributed by atoms with Crippen LogP contribution in [0.3, 0.4) is 0 Å². The van der Waals surface area contributed by atoms with Crippen molar-refractivity contribution in [2.45, 2.75) is 12.8 Å². The fraction of sp³-hybridized carbons (Fsp3) is 0.167. The van der Waals surface area contributed by atoms with Gasteiger partial charge in [0, 0.05) is 5.92 Å². The molecule has 0 aliphatic heterocycles. The second-order valence-corrected chi connectivity index (χ2v) is 6.74. The van der Waals surface area contributed by atoms with E-state index in [4.69, 9.17) is 4.74 Å². The van der Waals surface area contributed by atoms with Crippen LogP contribution in [0.25, 0.3) is 11.1 Å². The Bertz CT molecular complexity index is 1090. The van der Waals surface area contributed by atoms with E-state index in [2.05, 4.69) is 46.4 Å². The fourth-order valence-corrected chi connectivity index (χ4v) is 3.51. The van der Waals surface area contributed by atoms with Crippen LogP contribution < -0.4 is 5.32 Å².